The fourth-order valence-electron chi connectivity index (χ4n) is 3.70. The first-order chi connectivity index (χ1) is 11.5. The van der Waals surface area contributed by atoms with Gasteiger partial charge in [0.15, 0.2) is 0 Å². The second-order valence-electron chi connectivity index (χ2n) is 6.82. The van der Waals surface area contributed by atoms with Gasteiger partial charge in [0.25, 0.3) is 5.91 Å². The molecule has 1 aliphatic carbocycles. The number of carbonyl (C=O) groups is 1. The summed E-state index contributed by atoms with van der Waals surface area (Å²) < 4.78 is 2.14. The minimum absolute atomic E-state index is 0.168. The van der Waals surface area contributed by atoms with Gasteiger partial charge in [-0.1, -0.05) is 20.3 Å². The highest BCUT2D eigenvalue weighted by atomic mass is 16.2. The lowest BCUT2D eigenvalue weighted by Crippen LogP contribution is -2.29. The molecule has 128 valence electrons. The Labute approximate surface area is 143 Å². The highest BCUT2D eigenvalue weighted by Crippen LogP contribution is 2.26. The van der Waals surface area contributed by atoms with E-state index in [2.05, 4.69) is 40.8 Å². The molecule has 1 aliphatic rings. The molecule has 1 amide bonds. The molecule has 1 aromatic heterocycles. The Kier molecular flexibility index (Phi) is 4.69. The fourth-order valence-corrected chi connectivity index (χ4v) is 3.70. The summed E-state index contributed by atoms with van der Waals surface area (Å²) in [5.41, 5.74) is 6.38. The molecular formula is C19H26N4O. The molecule has 3 rings (SSSR count). The lowest BCUT2D eigenvalue weighted by Gasteiger charge is -2.26. The fraction of sp³-hybridized carbons (Fsp3) is 0.526. The topological polar surface area (TPSA) is 59.3 Å². The molecule has 0 unspecified atom stereocenters. The predicted molar refractivity (Wildman–Crippen MR) is 97.2 cm³/mol. The molecule has 1 saturated carbocycles. The number of hydrazone groups is 1. The Morgan fingerprint density at radius 2 is 2.04 bits per heavy atom. The molecule has 0 radical (unpaired) electrons. The first-order valence-electron chi connectivity index (χ1n) is 8.86. The first-order valence-corrected chi connectivity index (χ1v) is 8.86. The highest BCUT2D eigenvalue weighted by molar-refractivity contribution is 5.98. The number of hydrogen-bond acceptors (Lipinski definition) is 3. The van der Waals surface area contributed by atoms with Crippen molar-refractivity contribution in [3.8, 4) is 0 Å². The van der Waals surface area contributed by atoms with Gasteiger partial charge in [-0.15, -0.1) is 0 Å². The van der Waals surface area contributed by atoms with Crippen LogP contribution in [0.5, 0.6) is 0 Å². The Balaban J connectivity index is 1.81. The van der Waals surface area contributed by atoms with Crippen LogP contribution in [0.4, 0.5) is 0 Å². The number of hydrogen-bond donors (Lipinski definition) is 1. The molecule has 2 atom stereocenters. The van der Waals surface area contributed by atoms with Gasteiger partial charge in [0.1, 0.15) is 5.82 Å². The van der Waals surface area contributed by atoms with Gasteiger partial charge >= 0.3 is 0 Å². The van der Waals surface area contributed by atoms with E-state index < -0.39 is 0 Å². The normalized spacial score (nSPS) is 21.1. The molecule has 0 spiro atoms. The van der Waals surface area contributed by atoms with Crippen LogP contribution < -0.4 is 5.43 Å². The summed E-state index contributed by atoms with van der Waals surface area (Å²) in [6.07, 6.45) is 3.54. The second-order valence-corrected chi connectivity index (χ2v) is 6.82. The summed E-state index contributed by atoms with van der Waals surface area (Å²) in [5, 5.41) is 4.43. The maximum Gasteiger partial charge on any atom is 0.271 e. The number of rotatable bonds is 3. The van der Waals surface area contributed by atoms with Crippen molar-refractivity contribution in [2.45, 2.75) is 53.5 Å². The van der Waals surface area contributed by atoms with Crippen molar-refractivity contribution >= 4 is 22.7 Å². The van der Waals surface area contributed by atoms with Crippen LogP contribution in [0, 0.1) is 18.8 Å². The van der Waals surface area contributed by atoms with Crippen LogP contribution in [-0.2, 0) is 6.54 Å². The number of carbonyl (C=O) groups excluding carboxylic acids is 1. The number of fused-ring (bicyclic) bond motifs is 1. The second kappa shape index (κ2) is 6.75. The van der Waals surface area contributed by atoms with Crippen LogP contribution in [0.25, 0.3) is 11.0 Å². The zero-order valence-electron chi connectivity index (χ0n) is 15.0. The number of benzene rings is 1. The van der Waals surface area contributed by atoms with Crippen LogP contribution in [-0.4, -0.2) is 21.2 Å². The van der Waals surface area contributed by atoms with Gasteiger partial charge in [-0.3, -0.25) is 4.79 Å². The number of aryl methyl sites for hydroxylation is 2. The van der Waals surface area contributed by atoms with Crippen molar-refractivity contribution in [3.05, 3.63) is 29.6 Å². The number of nitrogens with zero attached hydrogens (tertiary/aromatic N) is 3. The Bertz CT molecular complexity index is 778. The first kappa shape index (κ1) is 16.7. The largest absolute Gasteiger partial charge is 0.329 e. The molecule has 1 N–H and O–H groups in total. The Morgan fingerprint density at radius 3 is 2.71 bits per heavy atom. The number of imidazole rings is 1. The number of aromatic nitrogens is 2. The number of nitrogens with one attached hydrogen (secondary N) is 1. The number of amides is 1. The third-order valence-corrected chi connectivity index (χ3v) is 5.09. The molecule has 1 heterocycles. The van der Waals surface area contributed by atoms with Gasteiger partial charge in [0.05, 0.1) is 11.0 Å². The molecule has 1 fully saturated rings. The van der Waals surface area contributed by atoms with Crippen molar-refractivity contribution in [3.63, 3.8) is 0 Å². The molecule has 0 saturated heterocycles. The van der Waals surface area contributed by atoms with E-state index in [0.29, 0.717) is 17.4 Å². The van der Waals surface area contributed by atoms with Crippen LogP contribution in [0.1, 0.15) is 56.2 Å². The standard InChI is InChI=1S/C19H26N4O/c1-5-23-14(4)20-16-11-15(9-10-17(16)23)19(24)22-21-18-12(2)7-6-8-13(18)3/h9-13H,5-8H2,1-4H3,(H,22,24)/t12-,13-/m1/s1. The van der Waals surface area contributed by atoms with E-state index in [-0.39, 0.29) is 5.91 Å². The molecule has 0 bridgehead atoms. The third kappa shape index (κ3) is 3.07. The minimum Gasteiger partial charge on any atom is -0.329 e. The Morgan fingerprint density at radius 1 is 1.33 bits per heavy atom. The lowest BCUT2D eigenvalue weighted by atomic mass is 9.81. The van der Waals surface area contributed by atoms with E-state index in [1.165, 1.54) is 6.42 Å². The van der Waals surface area contributed by atoms with Gasteiger partial charge in [-0.05, 0) is 56.7 Å². The van der Waals surface area contributed by atoms with Crippen LogP contribution in [0.15, 0.2) is 23.3 Å². The monoisotopic (exact) mass is 326 g/mol. The summed E-state index contributed by atoms with van der Waals surface area (Å²) in [4.78, 5) is 17.0. The zero-order chi connectivity index (χ0) is 17.3. The molecular weight excluding hydrogens is 300 g/mol. The summed E-state index contributed by atoms with van der Waals surface area (Å²) in [6.45, 7) is 9.33. The van der Waals surface area contributed by atoms with E-state index in [1.807, 2.05) is 25.1 Å². The van der Waals surface area contributed by atoms with Gasteiger partial charge in [0, 0.05) is 17.8 Å². The quantitative estimate of drug-likeness (QED) is 0.869. The molecule has 24 heavy (non-hydrogen) atoms. The molecule has 1 aromatic carbocycles. The van der Waals surface area contributed by atoms with Crippen molar-refractivity contribution < 1.29 is 4.79 Å². The smallest absolute Gasteiger partial charge is 0.271 e. The third-order valence-electron chi connectivity index (χ3n) is 5.09. The van der Waals surface area contributed by atoms with E-state index in [4.69, 9.17) is 0 Å². The van der Waals surface area contributed by atoms with E-state index >= 15 is 0 Å². The summed E-state index contributed by atoms with van der Waals surface area (Å²) in [6, 6.07) is 5.66. The SMILES string of the molecule is CCn1c(C)nc2cc(C(=O)NN=C3[C@H](C)CCC[C@H]3C)ccc21. The van der Waals surface area contributed by atoms with Crippen LogP contribution >= 0.6 is 0 Å². The van der Waals surface area contributed by atoms with Crippen LogP contribution in [0.3, 0.4) is 0 Å². The van der Waals surface area contributed by atoms with Gasteiger partial charge < -0.3 is 4.57 Å². The van der Waals surface area contributed by atoms with Crippen molar-refractivity contribution in [2.75, 3.05) is 0 Å². The predicted octanol–water partition coefficient (Wildman–Crippen LogP) is 3.91. The Hall–Kier alpha value is -2.17. The van der Waals surface area contributed by atoms with E-state index in [0.717, 1.165) is 42.0 Å². The van der Waals surface area contributed by atoms with Gasteiger partial charge in [0.2, 0.25) is 0 Å². The molecule has 0 aliphatic heterocycles. The summed E-state index contributed by atoms with van der Waals surface area (Å²) in [7, 11) is 0. The van der Waals surface area contributed by atoms with Gasteiger partial charge in [-0.2, -0.15) is 5.10 Å². The maximum absolute atomic E-state index is 12.5. The lowest BCUT2D eigenvalue weighted by molar-refractivity contribution is 0.0954. The average Bonchev–Trinajstić information content (AvgIpc) is 2.88. The van der Waals surface area contributed by atoms with E-state index in [1.54, 1.807) is 0 Å². The maximum atomic E-state index is 12.5. The average molecular weight is 326 g/mol. The molecule has 5 nitrogen and oxygen atoms in total. The van der Waals surface area contributed by atoms with E-state index in [9.17, 15) is 4.79 Å². The van der Waals surface area contributed by atoms with Crippen LogP contribution in [0.2, 0.25) is 0 Å². The zero-order valence-corrected chi connectivity index (χ0v) is 15.0. The van der Waals surface area contributed by atoms with Crippen molar-refractivity contribution in [1.29, 1.82) is 0 Å². The van der Waals surface area contributed by atoms with Crippen molar-refractivity contribution in [2.24, 2.45) is 16.9 Å². The molecule has 2 aromatic rings. The summed E-state index contributed by atoms with van der Waals surface area (Å²) >= 11 is 0. The highest BCUT2D eigenvalue weighted by Gasteiger charge is 2.23. The minimum atomic E-state index is -0.168. The summed E-state index contributed by atoms with van der Waals surface area (Å²) in [5.74, 6) is 1.69. The molecule has 5 heteroatoms. The van der Waals surface area contributed by atoms with Crippen molar-refractivity contribution in [1.82, 2.24) is 15.0 Å². The van der Waals surface area contributed by atoms with Gasteiger partial charge in [-0.25, -0.2) is 10.4 Å².